The van der Waals surface area contributed by atoms with Crippen molar-refractivity contribution in [1.29, 1.82) is 0 Å². The van der Waals surface area contributed by atoms with Gasteiger partial charge in [-0.05, 0) is 59.7 Å². The van der Waals surface area contributed by atoms with Gasteiger partial charge in [-0.2, -0.15) is 4.68 Å². The lowest BCUT2D eigenvalue weighted by molar-refractivity contribution is -0.136. The number of tetrazole rings is 1. The van der Waals surface area contributed by atoms with Crippen LogP contribution in [0.4, 0.5) is 5.69 Å². The zero-order chi connectivity index (χ0) is 19.9. The van der Waals surface area contributed by atoms with Crippen molar-refractivity contribution in [3.8, 4) is 11.4 Å². The highest BCUT2D eigenvalue weighted by Crippen LogP contribution is 2.14. The van der Waals surface area contributed by atoms with Crippen LogP contribution in [-0.4, -0.2) is 45.7 Å². The van der Waals surface area contributed by atoms with Gasteiger partial charge in [-0.25, -0.2) is 0 Å². The van der Waals surface area contributed by atoms with Crippen LogP contribution >= 0.6 is 0 Å². The summed E-state index contributed by atoms with van der Waals surface area (Å²) in [5.74, 6) is -0.0520. The minimum absolute atomic E-state index is 0.350. The number of ether oxygens (including phenoxy) is 1. The van der Waals surface area contributed by atoms with Gasteiger partial charge in [0, 0.05) is 12.2 Å². The molecule has 0 aliphatic heterocycles. The average molecular weight is 380 g/mol. The Kier molecular flexibility index (Phi) is 5.95. The minimum Gasteiger partial charge on any atom is -0.497 e. The van der Waals surface area contributed by atoms with Crippen LogP contribution in [0.15, 0.2) is 48.5 Å². The van der Waals surface area contributed by atoms with Gasteiger partial charge in [0.25, 0.3) is 0 Å². The highest BCUT2D eigenvalue weighted by atomic mass is 16.5. The molecule has 2 amide bonds. The van der Waals surface area contributed by atoms with Crippen molar-refractivity contribution in [1.82, 2.24) is 25.5 Å². The van der Waals surface area contributed by atoms with Gasteiger partial charge >= 0.3 is 11.8 Å². The Hall–Kier alpha value is -3.75. The lowest BCUT2D eigenvalue weighted by Gasteiger charge is -2.08. The molecule has 144 valence electrons. The van der Waals surface area contributed by atoms with Crippen molar-refractivity contribution in [2.45, 2.75) is 13.3 Å². The molecule has 1 aromatic heterocycles. The maximum Gasteiger partial charge on any atom is 0.313 e. The van der Waals surface area contributed by atoms with Crippen LogP contribution in [-0.2, 0) is 16.0 Å². The Bertz CT molecular complexity index is 968. The third-order valence-corrected chi connectivity index (χ3v) is 4.04. The number of aryl methyl sites for hydroxylation is 1. The molecule has 0 fully saturated rings. The molecule has 0 aliphatic carbocycles. The molecule has 1 heterocycles. The first-order chi connectivity index (χ1) is 13.6. The lowest BCUT2D eigenvalue weighted by atomic mass is 10.1. The maximum atomic E-state index is 12.1. The van der Waals surface area contributed by atoms with E-state index in [9.17, 15) is 9.59 Å². The lowest BCUT2D eigenvalue weighted by Crippen LogP contribution is -2.36. The maximum absolute atomic E-state index is 12.1. The molecule has 0 atom stereocenters. The van der Waals surface area contributed by atoms with Crippen LogP contribution < -0.4 is 15.4 Å². The molecule has 0 spiro atoms. The third kappa shape index (κ3) is 4.70. The van der Waals surface area contributed by atoms with E-state index in [1.165, 1.54) is 4.68 Å². The van der Waals surface area contributed by atoms with E-state index in [4.69, 9.17) is 4.74 Å². The van der Waals surface area contributed by atoms with E-state index in [0.717, 1.165) is 11.3 Å². The first-order valence-electron chi connectivity index (χ1n) is 8.64. The Morgan fingerprint density at radius 3 is 2.57 bits per heavy atom. The van der Waals surface area contributed by atoms with E-state index in [1.54, 1.807) is 38.3 Å². The van der Waals surface area contributed by atoms with Crippen molar-refractivity contribution in [2.24, 2.45) is 0 Å². The van der Waals surface area contributed by atoms with Gasteiger partial charge in [0.15, 0.2) is 5.82 Å². The van der Waals surface area contributed by atoms with Crippen LogP contribution in [0.3, 0.4) is 0 Å². The topological polar surface area (TPSA) is 111 Å². The van der Waals surface area contributed by atoms with Crippen molar-refractivity contribution >= 4 is 17.5 Å². The quantitative estimate of drug-likeness (QED) is 0.623. The van der Waals surface area contributed by atoms with E-state index < -0.39 is 11.8 Å². The number of carbonyl (C=O) groups is 2. The fraction of sp³-hybridized carbons (Fsp3) is 0.211. The van der Waals surface area contributed by atoms with Gasteiger partial charge in [0.2, 0.25) is 0 Å². The van der Waals surface area contributed by atoms with Crippen LogP contribution in [0.2, 0.25) is 0 Å². The fourth-order valence-electron chi connectivity index (χ4n) is 2.57. The van der Waals surface area contributed by atoms with E-state index in [1.807, 2.05) is 24.3 Å². The average Bonchev–Trinajstić information content (AvgIpc) is 3.14. The molecule has 0 saturated heterocycles. The number of benzene rings is 2. The summed E-state index contributed by atoms with van der Waals surface area (Å²) >= 11 is 0. The van der Waals surface area contributed by atoms with Crippen LogP contribution in [0.1, 0.15) is 11.4 Å². The second kappa shape index (κ2) is 8.76. The number of anilines is 1. The second-order valence-corrected chi connectivity index (χ2v) is 6.00. The van der Waals surface area contributed by atoms with E-state index in [2.05, 4.69) is 26.2 Å². The summed E-state index contributed by atoms with van der Waals surface area (Å²) in [6.07, 6.45) is 0.608. The van der Waals surface area contributed by atoms with Crippen molar-refractivity contribution < 1.29 is 14.3 Å². The molecule has 9 heteroatoms. The highest BCUT2D eigenvalue weighted by molar-refractivity contribution is 6.39. The molecular formula is C19H20N6O3. The van der Waals surface area contributed by atoms with Gasteiger partial charge < -0.3 is 15.4 Å². The molecule has 0 unspecified atom stereocenters. The number of rotatable bonds is 6. The molecule has 3 aromatic rings. The van der Waals surface area contributed by atoms with Crippen molar-refractivity contribution in [2.75, 3.05) is 19.0 Å². The molecule has 9 nitrogen and oxygen atoms in total. The molecule has 2 aromatic carbocycles. The summed E-state index contributed by atoms with van der Waals surface area (Å²) in [4.78, 5) is 24.1. The SMILES string of the molecule is COc1ccc(CCNC(=O)C(=O)Nc2cccc(-n3nnnc3C)c2)cc1. The highest BCUT2D eigenvalue weighted by Gasteiger charge is 2.14. The van der Waals surface area contributed by atoms with Crippen molar-refractivity contribution in [3.63, 3.8) is 0 Å². The molecule has 0 radical (unpaired) electrons. The number of nitrogens with zero attached hydrogens (tertiary/aromatic N) is 4. The van der Waals surface area contributed by atoms with Gasteiger partial charge in [0.1, 0.15) is 5.75 Å². The molecule has 0 bridgehead atoms. The number of amides is 2. The summed E-state index contributed by atoms with van der Waals surface area (Å²) in [6, 6.07) is 14.4. The Balaban J connectivity index is 1.52. The Labute approximate surface area is 161 Å². The summed E-state index contributed by atoms with van der Waals surface area (Å²) in [5, 5.41) is 16.5. The molecule has 2 N–H and O–H groups in total. The van der Waals surface area contributed by atoms with Gasteiger partial charge in [-0.1, -0.05) is 18.2 Å². The van der Waals surface area contributed by atoms with Gasteiger partial charge in [-0.3, -0.25) is 9.59 Å². The number of nitrogens with one attached hydrogen (secondary N) is 2. The largest absolute Gasteiger partial charge is 0.497 e. The number of hydrogen-bond donors (Lipinski definition) is 2. The summed E-state index contributed by atoms with van der Waals surface area (Å²) < 4.78 is 6.64. The predicted octanol–water partition coefficient (Wildman–Crippen LogP) is 1.28. The number of methoxy groups -OCH3 is 1. The van der Waals surface area contributed by atoms with Crippen molar-refractivity contribution in [3.05, 3.63) is 59.9 Å². The minimum atomic E-state index is -0.736. The standard InChI is InChI=1S/C19H20N6O3/c1-13-22-23-24-25(13)16-5-3-4-15(12-16)21-19(27)18(26)20-11-10-14-6-8-17(28-2)9-7-14/h3-9,12H,10-11H2,1-2H3,(H,20,26)(H,21,27). The fourth-order valence-corrected chi connectivity index (χ4v) is 2.57. The van der Waals surface area contributed by atoms with Crippen LogP contribution in [0.25, 0.3) is 5.69 Å². The predicted molar refractivity (Wildman–Crippen MR) is 102 cm³/mol. The summed E-state index contributed by atoms with van der Waals surface area (Å²) in [7, 11) is 1.60. The Morgan fingerprint density at radius 2 is 1.89 bits per heavy atom. The van der Waals surface area contributed by atoms with Gasteiger partial charge in [0.05, 0.1) is 12.8 Å². The zero-order valence-electron chi connectivity index (χ0n) is 15.5. The van der Waals surface area contributed by atoms with Gasteiger partial charge in [-0.15, -0.1) is 5.10 Å². The second-order valence-electron chi connectivity index (χ2n) is 6.00. The normalized spacial score (nSPS) is 10.4. The van der Waals surface area contributed by atoms with E-state index >= 15 is 0 Å². The smallest absolute Gasteiger partial charge is 0.313 e. The molecular weight excluding hydrogens is 360 g/mol. The third-order valence-electron chi connectivity index (χ3n) is 4.04. The van der Waals surface area contributed by atoms with E-state index in [0.29, 0.717) is 30.2 Å². The number of hydrogen-bond acceptors (Lipinski definition) is 6. The van der Waals surface area contributed by atoms with Crippen LogP contribution in [0, 0.1) is 6.92 Å². The summed E-state index contributed by atoms with van der Waals surface area (Å²) in [5.41, 5.74) is 2.19. The number of carbonyl (C=O) groups excluding carboxylic acids is 2. The summed E-state index contributed by atoms with van der Waals surface area (Å²) in [6.45, 7) is 2.12. The first-order valence-corrected chi connectivity index (χ1v) is 8.64. The molecule has 3 rings (SSSR count). The molecule has 28 heavy (non-hydrogen) atoms. The zero-order valence-corrected chi connectivity index (χ0v) is 15.5. The monoisotopic (exact) mass is 380 g/mol. The van der Waals surface area contributed by atoms with Crippen LogP contribution in [0.5, 0.6) is 5.75 Å². The molecule has 0 aliphatic rings. The Morgan fingerprint density at radius 1 is 1.11 bits per heavy atom. The number of aromatic nitrogens is 4. The first kappa shape index (κ1) is 19.0. The van der Waals surface area contributed by atoms with E-state index in [-0.39, 0.29) is 0 Å². The molecule has 0 saturated carbocycles.